The first kappa shape index (κ1) is 9.14. The van der Waals surface area contributed by atoms with Crippen LogP contribution in [0.1, 0.15) is 44.9 Å². The molecule has 4 atom stereocenters. The smallest absolute Gasteiger partial charge is 0.106 e. The highest BCUT2D eigenvalue weighted by atomic mass is 19.1. The molecule has 2 aliphatic heterocycles. The Kier molecular flexibility index (Phi) is 2.27. The molecular weight excluding hydrogens is 177 g/mol. The fourth-order valence-corrected chi connectivity index (χ4v) is 3.99. The second-order valence-electron chi connectivity index (χ2n) is 5.42. The van der Waals surface area contributed by atoms with Crippen molar-refractivity contribution in [2.24, 2.45) is 11.8 Å². The SMILES string of the molecule is FC1CC2CCC(N2)C1C1CCCC1. The first-order valence-corrected chi connectivity index (χ1v) is 6.25. The van der Waals surface area contributed by atoms with Gasteiger partial charge >= 0.3 is 0 Å². The molecule has 1 saturated carbocycles. The van der Waals surface area contributed by atoms with Crippen molar-refractivity contribution in [1.82, 2.24) is 5.32 Å². The molecule has 1 aliphatic carbocycles. The standard InChI is InChI=1S/C12H20FN/c13-10-7-9-5-6-11(14-9)12(10)8-3-1-2-4-8/h8-12,14H,1-7H2. The van der Waals surface area contributed by atoms with Gasteiger partial charge in [0, 0.05) is 18.0 Å². The van der Waals surface area contributed by atoms with E-state index in [1.54, 1.807) is 0 Å². The molecule has 0 amide bonds. The number of fused-ring (bicyclic) bond motifs is 2. The summed E-state index contributed by atoms with van der Waals surface area (Å²) >= 11 is 0. The van der Waals surface area contributed by atoms with Gasteiger partial charge in [-0.2, -0.15) is 0 Å². The Hall–Kier alpha value is -0.110. The number of rotatable bonds is 1. The Morgan fingerprint density at radius 3 is 2.57 bits per heavy atom. The van der Waals surface area contributed by atoms with E-state index >= 15 is 0 Å². The molecule has 2 saturated heterocycles. The summed E-state index contributed by atoms with van der Waals surface area (Å²) in [5.41, 5.74) is 0. The molecule has 2 heteroatoms. The highest BCUT2D eigenvalue weighted by Gasteiger charge is 2.45. The molecule has 0 aromatic rings. The Labute approximate surface area is 85.5 Å². The van der Waals surface area contributed by atoms with Crippen LogP contribution in [0.15, 0.2) is 0 Å². The number of alkyl halides is 1. The lowest BCUT2D eigenvalue weighted by atomic mass is 9.79. The molecule has 4 unspecified atom stereocenters. The van der Waals surface area contributed by atoms with E-state index in [1.807, 2.05) is 0 Å². The second-order valence-corrected chi connectivity index (χ2v) is 5.42. The Morgan fingerprint density at radius 1 is 1.00 bits per heavy atom. The van der Waals surface area contributed by atoms with Crippen molar-refractivity contribution in [2.45, 2.75) is 63.2 Å². The summed E-state index contributed by atoms with van der Waals surface area (Å²) in [6.07, 6.45) is 7.98. The summed E-state index contributed by atoms with van der Waals surface area (Å²) in [7, 11) is 0. The minimum Gasteiger partial charge on any atom is -0.311 e. The molecule has 3 rings (SSSR count). The van der Waals surface area contributed by atoms with Gasteiger partial charge in [0.15, 0.2) is 0 Å². The molecule has 14 heavy (non-hydrogen) atoms. The van der Waals surface area contributed by atoms with Crippen molar-refractivity contribution >= 4 is 0 Å². The van der Waals surface area contributed by atoms with Crippen molar-refractivity contribution in [1.29, 1.82) is 0 Å². The topological polar surface area (TPSA) is 12.0 Å². The molecule has 0 aromatic heterocycles. The van der Waals surface area contributed by atoms with Crippen molar-refractivity contribution in [3.05, 3.63) is 0 Å². The zero-order valence-electron chi connectivity index (χ0n) is 8.71. The summed E-state index contributed by atoms with van der Waals surface area (Å²) in [4.78, 5) is 0. The van der Waals surface area contributed by atoms with Crippen molar-refractivity contribution in [3.8, 4) is 0 Å². The summed E-state index contributed by atoms with van der Waals surface area (Å²) in [6, 6.07) is 1.03. The molecule has 0 spiro atoms. The summed E-state index contributed by atoms with van der Waals surface area (Å²) in [5, 5.41) is 3.61. The van der Waals surface area contributed by atoms with E-state index in [-0.39, 0.29) is 0 Å². The van der Waals surface area contributed by atoms with Gasteiger partial charge in [0.05, 0.1) is 0 Å². The fourth-order valence-electron chi connectivity index (χ4n) is 3.99. The Bertz CT molecular complexity index is 210. The van der Waals surface area contributed by atoms with Crippen LogP contribution in [0.3, 0.4) is 0 Å². The largest absolute Gasteiger partial charge is 0.311 e. The van der Waals surface area contributed by atoms with E-state index in [4.69, 9.17) is 0 Å². The number of hydrogen-bond donors (Lipinski definition) is 1. The van der Waals surface area contributed by atoms with Crippen LogP contribution in [0.5, 0.6) is 0 Å². The van der Waals surface area contributed by atoms with Gasteiger partial charge in [-0.15, -0.1) is 0 Å². The number of hydrogen-bond acceptors (Lipinski definition) is 1. The third-order valence-corrected chi connectivity index (χ3v) is 4.61. The maximum absolute atomic E-state index is 14.0. The van der Waals surface area contributed by atoms with E-state index in [0.717, 1.165) is 6.42 Å². The molecule has 1 N–H and O–H groups in total. The average molecular weight is 197 g/mol. The first-order chi connectivity index (χ1) is 6.84. The first-order valence-electron chi connectivity index (χ1n) is 6.25. The Morgan fingerprint density at radius 2 is 1.79 bits per heavy atom. The highest BCUT2D eigenvalue weighted by Crippen LogP contribution is 2.43. The normalized spacial score (nSPS) is 48.6. The van der Waals surface area contributed by atoms with Crippen LogP contribution in [0, 0.1) is 11.8 Å². The third kappa shape index (κ3) is 1.39. The van der Waals surface area contributed by atoms with E-state index in [9.17, 15) is 4.39 Å². The van der Waals surface area contributed by atoms with Gasteiger partial charge in [-0.05, 0) is 25.2 Å². The van der Waals surface area contributed by atoms with Crippen molar-refractivity contribution in [3.63, 3.8) is 0 Å². The van der Waals surface area contributed by atoms with Gasteiger partial charge in [0.1, 0.15) is 6.17 Å². The molecule has 3 aliphatic rings. The molecule has 80 valence electrons. The molecule has 0 radical (unpaired) electrons. The molecule has 2 heterocycles. The minimum absolute atomic E-state index is 0.358. The summed E-state index contributed by atoms with van der Waals surface area (Å²) in [6.45, 7) is 0. The zero-order chi connectivity index (χ0) is 9.54. The number of piperidine rings is 1. The molecular formula is C12H20FN. The predicted octanol–water partition coefficient (Wildman–Crippen LogP) is 2.66. The van der Waals surface area contributed by atoms with Gasteiger partial charge in [-0.25, -0.2) is 4.39 Å². The van der Waals surface area contributed by atoms with Crippen molar-refractivity contribution < 1.29 is 4.39 Å². The van der Waals surface area contributed by atoms with E-state index in [2.05, 4.69) is 5.32 Å². The van der Waals surface area contributed by atoms with Crippen LogP contribution in [-0.4, -0.2) is 18.3 Å². The lowest BCUT2D eigenvalue weighted by Gasteiger charge is -2.37. The van der Waals surface area contributed by atoms with Crippen molar-refractivity contribution in [2.75, 3.05) is 0 Å². The monoisotopic (exact) mass is 197 g/mol. The maximum Gasteiger partial charge on any atom is 0.106 e. The van der Waals surface area contributed by atoms with Crippen LogP contribution in [-0.2, 0) is 0 Å². The fraction of sp³-hybridized carbons (Fsp3) is 1.00. The second kappa shape index (κ2) is 3.48. The van der Waals surface area contributed by atoms with Crippen LogP contribution in [0.25, 0.3) is 0 Å². The highest BCUT2D eigenvalue weighted by molar-refractivity contribution is 5.00. The van der Waals surface area contributed by atoms with Crippen LogP contribution in [0.2, 0.25) is 0 Å². The number of nitrogens with one attached hydrogen (secondary N) is 1. The lowest BCUT2D eigenvalue weighted by Crippen LogP contribution is -2.49. The quantitative estimate of drug-likeness (QED) is 0.681. The lowest BCUT2D eigenvalue weighted by molar-refractivity contribution is 0.0894. The molecule has 2 bridgehead atoms. The Balaban J connectivity index is 1.75. The molecule has 0 aromatic carbocycles. The minimum atomic E-state index is -0.503. The van der Waals surface area contributed by atoms with Gasteiger partial charge in [0.2, 0.25) is 0 Å². The average Bonchev–Trinajstić information content (AvgIpc) is 2.77. The van der Waals surface area contributed by atoms with Gasteiger partial charge in [0.25, 0.3) is 0 Å². The van der Waals surface area contributed by atoms with Gasteiger partial charge < -0.3 is 5.32 Å². The summed E-state index contributed by atoms with van der Waals surface area (Å²) in [5.74, 6) is 1.05. The van der Waals surface area contributed by atoms with Gasteiger partial charge in [-0.3, -0.25) is 0 Å². The van der Waals surface area contributed by atoms with Crippen LogP contribution < -0.4 is 5.32 Å². The third-order valence-electron chi connectivity index (χ3n) is 4.61. The van der Waals surface area contributed by atoms with Crippen LogP contribution in [0.4, 0.5) is 4.39 Å². The van der Waals surface area contributed by atoms with E-state index < -0.39 is 6.17 Å². The summed E-state index contributed by atoms with van der Waals surface area (Å²) < 4.78 is 14.0. The number of halogens is 1. The van der Waals surface area contributed by atoms with Gasteiger partial charge in [-0.1, -0.05) is 25.7 Å². The van der Waals surface area contributed by atoms with E-state index in [0.29, 0.717) is 23.9 Å². The van der Waals surface area contributed by atoms with Crippen LogP contribution >= 0.6 is 0 Å². The van der Waals surface area contributed by atoms with E-state index in [1.165, 1.54) is 38.5 Å². The predicted molar refractivity (Wildman–Crippen MR) is 54.9 cm³/mol. The molecule has 1 nitrogen and oxygen atoms in total. The maximum atomic E-state index is 14.0. The molecule has 3 fully saturated rings. The zero-order valence-corrected chi connectivity index (χ0v) is 8.71.